The van der Waals surface area contributed by atoms with E-state index in [4.69, 9.17) is 4.52 Å². The average molecular weight is 388 g/mol. The van der Waals surface area contributed by atoms with Crippen molar-refractivity contribution in [1.29, 1.82) is 0 Å². The van der Waals surface area contributed by atoms with Gasteiger partial charge in [-0.1, -0.05) is 35.5 Å². The van der Waals surface area contributed by atoms with Gasteiger partial charge in [0.25, 0.3) is 5.91 Å². The van der Waals surface area contributed by atoms with Crippen molar-refractivity contribution in [1.82, 2.24) is 20.0 Å². The minimum Gasteiger partial charge on any atom is -0.755 e. The lowest BCUT2D eigenvalue weighted by molar-refractivity contribution is 0.0944. The Balaban J connectivity index is 1.52. The maximum atomic E-state index is 12.2. The van der Waals surface area contributed by atoms with Gasteiger partial charge < -0.3 is 19.0 Å². The third kappa shape index (κ3) is 4.60. The third-order valence-corrected chi connectivity index (χ3v) is 4.53. The molecule has 0 fully saturated rings. The second-order valence-electron chi connectivity index (χ2n) is 5.71. The summed E-state index contributed by atoms with van der Waals surface area (Å²) in [5, 5.41) is 6.48. The Labute approximate surface area is 158 Å². The number of hydrogen-bond donors (Lipinski definition) is 1. The van der Waals surface area contributed by atoms with E-state index in [9.17, 15) is 13.6 Å². The number of benzene rings is 1. The van der Waals surface area contributed by atoms with Gasteiger partial charge >= 0.3 is 0 Å². The fraction of sp³-hybridized carbons (Fsp3) is 0.235. The first-order valence-electron chi connectivity index (χ1n) is 8.21. The molecule has 0 saturated carbocycles. The van der Waals surface area contributed by atoms with E-state index < -0.39 is 11.3 Å². The van der Waals surface area contributed by atoms with Gasteiger partial charge in [0.2, 0.25) is 5.95 Å². The van der Waals surface area contributed by atoms with Crippen LogP contribution in [0.3, 0.4) is 0 Å². The molecule has 10 heteroatoms. The second-order valence-corrected chi connectivity index (χ2v) is 6.58. The normalized spacial score (nSPS) is 11.9. The lowest BCUT2D eigenvalue weighted by atomic mass is 10.1. The molecule has 0 aliphatic heterocycles. The largest absolute Gasteiger partial charge is 0.755 e. The number of carbonyl (C=O) groups excluding carboxylic acids is 1. The second kappa shape index (κ2) is 8.60. The number of nitrogens with one attached hydrogen (secondary N) is 1. The molecule has 1 atom stereocenters. The molecule has 1 unspecified atom stereocenters. The molecule has 142 valence electrons. The van der Waals surface area contributed by atoms with E-state index in [1.54, 1.807) is 23.9 Å². The van der Waals surface area contributed by atoms with Crippen molar-refractivity contribution in [3.63, 3.8) is 0 Å². The number of rotatable bonds is 8. The predicted molar refractivity (Wildman–Crippen MR) is 98.4 cm³/mol. The molecule has 1 N–H and O–H groups in total. The molecule has 0 radical (unpaired) electrons. The molecule has 2 heterocycles. The van der Waals surface area contributed by atoms with Gasteiger partial charge in [0.05, 0.1) is 0 Å². The summed E-state index contributed by atoms with van der Waals surface area (Å²) in [7, 11) is 1.71. The van der Waals surface area contributed by atoms with Crippen LogP contribution in [-0.4, -0.2) is 42.5 Å². The molecule has 9 nitrogen and oxygen atoms in total. The van der Waals surface area contributed by atoms with E-state index in [1.807, 2.05) is 30.3 Å². The molecule has 3 rings (SSSR count). The highest BCUT2D eigenvalue weighted by Gasteiger charge is 2.14. The maximum Gasteiger partial charge on any atom is 0.273 e. The summed E-state index contributed by atoms with van der Waals surface area (Å²) in [6, 6.07) is 10.9. The fourth-order valence-electron chi connectivity index (χ4n) is 2.48. The lowest BCUT2D eigenvalue weighted by Gasteiger charge is -2.25. The van der Waals surface area contributed by atoms with Crippen LogP contribution in [0, 0.1) is 0 Å². The summed E-state index contributed by atoms with van der Waals surface area (Å²) in [5.74, 6) is 0.440. The maximum absolute atomic E-state index is 12.2. The van der Waals surface area contributed by atoms with Gasteiger partial charge in [-0.15, -0.1) is 0 Å². The number of hydrogen-bond acceptors (Lipinski definition) is 6. The molecule has 27 heavy (non-hydrogen) atoms. The van der Waals surface area contributed by atoms with Crippen molar-refractivity contribution >= 4 is 23.1 Å². The van der Waals surface area contributed by atoms with Crippen molar-refractivity contribution in [2.45, 2.75) is 6.42 Å². The Morgan fingerprint density at radius 2 is 2.15 bits per heavy atom. The zero-order valence-corrected chi connectivity index (χ0v) is 15.4. The number of nitrogens with zero attached hydrogens (tertiary/aromatic N) is 4. The lowest BCUT2D eigenvalue weighted by Crippen LogP contribution is -2.32. The molecule has 2 aromatic heterocycles. The Morgan fingerprint density at radius 1 is 1.37 bits per heavy atom. The number of anilines is 1. The third-order valence-electron chi connectivity index (χ3n) is 3.82. The molecule has 0 spiro atoms. The first-order chi connectivity index (χ1) is 13.1. The van der Waals surface area contributed by atoms with Crippen molar-refractivity contribution in [3.05, 3.63) is 54.5 Å². The molecular weight excluding hydrogens is 370 g/mol. The summed E-state index contributed by atoms with van der Waals surface area (Å²) in [6.45, 7) is 0.472. The van der Waals surface area contributed by atoms with Crippen LogP contribution in [0.4, 0.5) is 5.95 Å². The predicted octanol–water partition coefficient (Wildman–Crippen LogP) is 1.50. The topological polar surface area (TPSA) is 116 Å². The number of amides is 1. The van der Waals surface area contributed by atoms with Crippen LogP contribution in [0.25, 0.3) is 11.3 Å². The summed E-state index contributed by atoms with van der Waals surface area (Å²) in [5.41, 5.74) is 0.995. The van der Waals surface area contributed by atoms with E-state index in [1.165, 1.54) is 6.20 Å². The number of carbonyl (C=O) groups is 1. The van der Waals surface area contributed by atoms with E-state index in [-0.39, 0.29) is 24.7 Å². The van der Waals surface area contributed by atoms with Crippen LogP contribution in [0.15, 0.2) is 53.3 Å². The van der Waals surface area contributed by atoms with Crippen molar-refractivity contribution in [2.75, 3.05) is 17.4 Å². The summed E-state index contributed by atoms with van der Waals surface area (Å²) in [6.07, 6.45) is 3.59. The zero-order valence-electron chi connectivity index (χ0n) is 14.6. The van der Waals surface area contributed by atoms with Crippen LogP contribution in [0.5, 0.6) is 0 Å². The van der Waals surface area contributed by atoms with E-state index in [0.717, 1.165) is 9.87 Å². The Morgan fingerprint density at radius 3 is 2.81 bits per heavy atom. The minimum atomic E-state index is -2.45. The van der Waals surface area contributed by atoms with Crippen molar-refractivity contribution in [3.8, 4) is 11.3 Å². The summed E-state index contributed by atoms with van der Waals surface area (Å²) >= 11 is -2.45. The number of aryl methyl sites for hydroxylation is 1. The fourth-order valence-corrected chi connectivity index (χ4v) is 3.06. The number of imidazole rings is 1. The van der Waals surface area contributed by atoms with Crippen molar-refractivity contribution in [2.24, 2.45) is 7.05 Å². The smallest absolute Gasteiger partial charge is 0.273 e. The van der Waals surface area contributed by atoms with E-state index >= 15 is 0 Å². The highest BCUT2D eigenvalue weighted by Crippen LogP contribution is 2.19. The van der Waals surface area contributed by atoms with Gasteiger partial charge in [-0.25, -0.2) is 4.98 Å². The van der Waals surface area contributed by atoms with Crippen LogP contribution in [-0.2, 0) is 18.3 Å². The van der Waals surface area contributed by atoms with E-state index in [0.29, 0.717) is 18.1 Å². The average Bonchev–Trinajstić information content (AvgIpc) is 3.31. The quantitative estimate of drug-likeness (QED) is 0.462. The van der Waals surface area contributed by atoms with Gasteiger partial charge in [-0.3, -0.25) is 13.3 Å². The Hall–Kier alpha value is -2.98. The molecule has 0 bridgehead atoms. The Kier molecular flexibility index (Phi) is 5.99. The summed E-state index contributed by atoms with van der Waals surface area (Å²) in [4.78, 5) is 16.2. The van der Waals surface area contributed by atoms with Gasteiger partial charge in [0.1, 0.15) is 0 Å². The monoisotopic (exact) mass is 388 g/mol. The van der Waals surface area contributed by atoms with Crippen LogP contribution < -0.4 is 9.62 Å². The molecule has 1 amide bonds. The first kappa shape index (κ1) is 18.8. The van der Waals surface area contributed by atoms with E-state index in [2.05, 4.69) is 15.5 Å². The molecule has 0 saturated heterocycles. The molecule has 3 aromatic rings. The summed E-state index contributed by atoms with van der Waals surface area (Å²) < 4.78 is 30.7. The van der Waals surface area contributed by atoms with Crippen molar-refractivity contribution < 1.29 is 18.1 Å². The van der Waals surface area contributed by atoms with Gasteiger partial charge in [-0.2, -0.15) is 0 Å². The van der Waals surface area contributed by atoms with Gasteiger partial charge in [0.15, 0.2) is 11.5 Å². The molecular formula is C17H18N5O4S-. The SMILES string of the molecule is Cn1ccnc1N(CCCNC(=O)c1cc(-c2ccccc2)on1)S(=O)[O-]. The number of aromatic nitrogens is 3. The highest BCUT2D eigenvalue weighted by molar-refractivity contribution is 7.80. The first-order valence-corrected chi connectivity index (χ1v) is 9.24. The Bertz CT molecular complexity index is 924. The molecule has 1 aromatic carbocycles. The van der Waals surface area contributed by atoms with Crippen LogP contribution in [0.1, 0.15) is 16.9 Å². The van der Waals surface area contributed by atoms with Gasteiger partial charge in [-0.05, 0) is 6.42 Å². The van der Waals surface area contributed by atoms with Crippen LogP contribution >= 0.6 is 0 Å². The standard InChI is InChI=1S/C17H19N5O4S/c1-21-11-9-19-17(21)22(27(24)25)10-5-8-18-16(23)14-12-15(26-20-14)13-6-3-2-4-7-13/h2-4,6-7,9,11-12H,5,8,10H2,1H3,(H,18,23)(H,24,25)/p-1. The molecule has 0 aliphatic carbocycles. The zero-order chi connectivity index (χ0) is 19.2. The molecule has 0 aliphatic rings. The van der Waals surface area contributed by atoms with Gasteiger partial charge in [0, 0.05) is 55.4 Å². The highest BCUT2D eigenvalue weighted by atomic mass is 32.2. The van der Waals surface area contributed by atoms with Crippen LogP contribution in [0.2, 0.25) is 0 Å². The minimum absolute atomic E-state index is 0.169.